The van der Waals surface area contributed by atoms with Gasteiger partial charge in [-0.2, -0.15) is 0 Å². The maximum atomic E-state index is 12.7. The third kappa shape index (κ3) is 4.31. The molecule has 134 valence electrons. The Hall–Kier alpha value is -2.62. The molecule has 0 aliphatic carbocycles. The van der Waals surface area contributed by atoms with E-state index in [4.69, 9.17) is 0 Å². The van der Waals surface area contributed by atoms with Gasteiger partial charge in [0.15, 0.2) is 0 Å². The fourth-order valence-electron chi connectivity index (χ4n) is 2.28. The zero-order chi connectivity index (χ0) is 18.6. The molecule has 2 aromatic carbocycles. The molecule has 0 fully saturated rings. The summed E-state index contributed by atoms with van der Waals surface area (Å²) in [5, 5.41) is 10.3. The van der Waals surface area contributed by atoms with Gasteiger partial charge < -0.3 is 0 Å². The lowest BCUT2D eigenvalue weighted by atomic mass is 10.1. The Bertz CT molecular complexity index is 1000. The molecule has 0 unspecified atom stereocenters. The molecule has 0 bridgehead atoms. The number of aromatic nitrogens is 2. The minimum Gasteiger partial charge on any atom is -0.296 e. The summed E-state index contributed by atoms with van der Waals surface area (Å²) in [5.41, 5.74) is 3.12. The van der Waals surface area contributed by atoms with Gasteiger partial charge in [-0.1, -0.05) is 47.7 Å². The SMILES string of the molecule is Cc1ccc(C(=O)Nc2nncs2)cc1S(=O)(=O)NCc1ccccc1. The predicted molar refractivity (Wildman–Crippen MR) is 99.5 cm³/mol. The molecule has 0 atom stereocenters. The van der Waals surface area contributed by atoms with Crippen molar-refractivity contribution in [2.45, 2.75) is 18.4 Å². The number of amides is 1. The Morgan fingerprint density at radius 1 is 1.15 bits per heavy atom. The Kier molecular flexibility index (Phi) is 5.40. The van der Waals surface area contributed by atoms with Crippen LogP contribution in [-0.2, 0) is 16.6 Å². The second-order valence-electron chi connectivity index (χ2n) is 5.49. The predicted octanol–water partition coefficient (Wildman–Crippen LogP) is 2.58. The van der Waals surface area contributed by atoms with Crippen LogP contribution in [0, 0.1) is 6.92 Å². The quantitative estimate of drug-likeness (QED) is 0.676. The van der Waals surface area contributed by atoms with E-state index in [2.05, 4.69) is 20.2 Å². The minimum absolute atomic E-state index is 0.0679. The van der Waals surface area contributed by atoms with E-state index in [1.54, 1.807) is 19.1 Å². The number of anilines is 1. The highest BCUT2D eigenvalue weighted by atomic mass is 32.2. The van der Waals surface area contributed by atoms with Gasteiger partial charge in [0.25, 0.3) is 5.91 Å². The van der Waals surface area contributed by atoms with Crippen molar-refractivity contribution in [3.63, 3.8) is 0 Å². The second-order valence-corrected chi connectivity index (χ2v) is 8.06. The molecular formula is C17H16N4O3S2. The van der Waals surface area contributed by atoms with E-state index in [0.717, 1.165) is 5.56 Å². The molecule has 0 saturated heterocycles. The Labute approximate surface area is 155 Å². The first kappa shape index (κ1) is 18.2. The van der Waals surface area contributed by atoms with Gasteiger partial charge in [0, 0.05) is 12.1 Å². The number of hydrogen-bond donors (Lipinski definition) is 2. The van der Waals surface area contributed by atoms with E-state index < -0.39 is 15.9 Å². The monoisotopic (exact) mass is 388 g/mol. The van der Waals surface area contributed by atoms with Crippen LogP contribution in [0.25, 0.3) is 0 Å². The van der Waals surface area contributed by atoms with Crippen molar-refractivity contribution >= 4 is 32.4 Å². The fraction of sp³-hybridized carbons (Fsp3) is 0.118. The summed E-state index contributed by atoms with van der Waals surface area (Å²) in [4.78, 5) is 12.4. The van der Waals surface area contributed by atoms with Crippen molar-refractivity contribution in [2.24, 2.45) is 0 Å². The third-order valence-corrected chi connectivity index (χ3v) is 5.78. The molecule has 9 heteroatoms. The summed E-state index contributed by atoms with van der Waals surface area (Å²) in [7, 11) is -3.76. The highest BCUT2D eigenvalue weighted by Gasteiger charge is 2.19. The molecule has 7 nitrogen and oxygen atoms in total. The lowest BCUT2D eigenvalue weighted by molar-refractivity contribution is 0.102. The summed E-state index contributed by atoms with van der Waals surface area (Å²) >= 11 is 1.18. The second kappa shape index (κ2) is 7.73. The molecule has 1 amide bonds. The lowest BCUT2D eigenvalue weighted by Crippen LogP contribution is -2.24. The molecule has 2 N–H and O–H groups in total. The van der Waals surface area contributed by atoms with Crippen LogP contribution in [0.2, 0.25) is 0 Å². The van der Waals surface area contributed by atoms with Crippen molar-refractivity contribution in [1.82, 2.24) is 14.9 Å². The smallest absolute Gasteiger partial charge is 0.257 e. The van der Waals surface area contributed by atoms with E-state index in [9.17, 15) is 13.2 Å². The molecular weight excluding hydrogens is 372 g/mol. The molecule has 1 heterocycles. The molecule has 0 aliphatic heterocycles. The van der Waals surface area contributed by atoms with Gasteiger partial charge in [-0.15, -0.1) is 10.2 Å². The molecule has 0 aliphatic rings. The van der Waals surface area contributed by atoms with Gasteiger partial charge in [-0.05, 0) is 30.2 Å². The van der Waals surface area contributed by atoms with E-state index >= 15 is 0 Å². The van der Waals surface area contributed by atoms with E-state index in [0.29, 0.717) is 10.7 Å². The number of aryl methyl sites for hydroxylation is 1. The molecule has 3 rings (SSSR count). The maximum Gasteiger partial charge on any atom is 0.257 e. The third-order valence-electron chi connectivity index (χ3n) is 3.63. The highest BCUT2D eigenvalue weighted by molar-refractivity contribution is 7.89. The topological polar surface area (TPSA) is 101 Å². The van der Waals surface area contributed by atoms with Gasteiger partial charge >= 0.3 is 0 Å². The van der Waals surface area contributed by atoms with Crippen molar-refractivity contribution in [2.75, 3.05) is 5.32 Å². The van der Waals surface area contributed by atoms with Gasteiger partial charge in [-0.3, -0.25) is 10.1 Å². The fourth-order valence-corrected chi connectivity index (χ4v) is 4.01. The molecule has 26 heavy (non-hydrogen) atoms. The summed E-state index contributed by atoms with van der Waals surface area (Å²) in [6, 6.07) is 13.7. The normalized spacial score (nSPS) is 11.3. The zero-order valence-corrected chi connectivity index (χ0v) is 15.5. The number of benzene rings is 2. The van der Waals surface area contributed by atoms with E-state index in [-0.39, 0.29) is 17.0 Å². The van der Waals surface area contributed by atoms with Crippen LogP contribution in [0.5, 0.6) is 0 Å². The first-order valence-corrected chi connectivity index (χ1v) is 10.0. The zero-order valence-electron chi connectivity index (χ0n) is 13.8. The minimum atomic E-state index is -3.76. The first-order chi connectivity index (χ1) is 12.5. The van der Waals surface area contributed by atoms with E-state index in [1.807, 2.05) is 30.3 Å². The van der Waals surface area contributed by atoms with Gasteiger partial charge in [-0.25, -0.2) is 13.1 Å². The average Bonchev–Trinajstić information content (AvgIpc) is 3.14. The molecule has 3 aromatic rings. The highest BCUT2D eigenvalue weighted by Crippen LogP contribution is 2.19. The molecule has 1 aromatic heterocycles. The Balaban J connectivity index is 1.81. The maximum absolute atomic E-state index is 12.7. The van der Waals surface area contributed by atoms with Crippen molar-refractivity contribution < 1.29 is 13.2 Å². The number of rotatable bonds is 6. The summed E-state index contributed by atoms with van der Waals surface area (Å²) in [6.07, 6.45) is 0. The standard InChI is InChI=1S/C17H16N4O3S2/c1-12-7-8-14(16(22)20-17-21-18-11-25-17)9-15(12)26(23,24)19-10-13-5-3-2-4-6-13/h2-9,11,19H,10H2,1H3,(H,20,21,22). The summed E-state index contributed by atoms with van der Waals surface area (Å²) in [6.45, 7) is 1.85. The molecule has 0 spiro atoms. The van der Waals surface area contributed by atoms with Crippen LogP contribution in [0.4, 0.5) is 5.13 Å². The van der Waals surface area contributed by atoms with Crippen LogP contribution in [-0.4, -0.2) is 24.5 Å². The number of carbonyl (C=O) groups excluding carboxylic acids is 1. The summed E-state index contributed by atoms with van der Waals surface area (Å²) < 4.78 is 27.9. The van der Waals surface area contributed by atoms with Crippen molar-refractivity contribution in [3.8, 4) is 0 Å². The largest absolute Gasteiger partial charge is 0.296 e. The molecule has 0 saturated carbocycles. The number of hydrogen-bond acceptors (Lipinski definition) is 6. The average molecular weight is 388 g/mol. The van der Waals surface area contributed by atoms with Gasteiger partial charge in [0.2, 0.25) is 15.2 Å². The number of nitrogens with zero attached hydrogens (tertiary/aromatic N) is 2. The van der Waals surface area contributed by atoms with Gasteiger partial charge in [0.05, 0.1) is 4.90 Å². The van der Waals surface area contributed by atoms with Crippen molar-refractivity contribution in [3.05, 3.63) is 70.7 Å². The number of nitrogens with one attached hydrogen (secondary N) is 2. The Morgan fingerprint density at radius 2 is 1.92 bits per heavy atom. The molecule has 0 radical (unpaired) electrons. The van der Waals surface area contributed by atoms with Crippen LogP contribution < -0.4 is 10.0 Å². The van der Waals surface area contributed by atoms with Gasteiger partial charge in [0.1, 0.15) is 5.51 Å². The van der Waals surface area contributed by atoms with Crippen molar-refractivity contribution in [1.29, 1.82) is 0 Å². The summed E-state index contributed by atoms with van der Waals surface area (Å²) in [5.74, 6) is -0.443. The number of carbonyl (C=O) groups is 1. The van der Waals surface area contributed by atoms with Crippen LogP contribution in [0.3, 0.4) is 0 Å². The number of sulfonamides is 1. The lowest BCUT2D eigenvalue weighted by Gasteiger charge is -2.11. The van der Waals surface area contributed by atoms with E-state index in [1.165, 1.54) is 22.9 Å². The Morgan fingerprint density at radius 3 is 2.62 bits per heavy atom. The van der Waals surface area contributed by atoms with Crippen LogP contribution in [0.15, 0.2) is 58.9 Å². The van der Waals surface area contributed by atoms with Crippen LogP contribution >= 0.6 is 11.3 Å². The first-order valence-electron chi connectivity index (χ1n) is 7.67. The van der Waals surface area contributed by atoms with Crippen LogP contribution in [0.1, 0.15) is 21.5 Å².